The van der Waals surface area contributed by atoms with Gasteiger partial charge in [-0.1, -0.05) is 72.8 Å². The smallest absolute Gasteiger partial charge is 0.192 e. The fourth-order valence-corrected chi connectivity index (χ4v) is 7.35. The number of aromatic amines is 1. The molecule has 2 heterocycles. The molecule has 1 N–H and O–H groups in total. The normalized spacial score (nSPS) is 25.1. The lowest BCUT2D eigenvalue weighted by Gasteiger charge is -2.46. The first-order chi connectivity index (χ1) is 17.0. The summed E-state index contributed by atoms with van der Waals surface area (Å²) in [6.07, 6.45) is 1.07. The Bertz CT molecular complexity index is 1530. The van der Waals surface area contributed by atoms with E-state index in [1.54, 1.807) is 24.3 Å². The molecule has 172 valence electrons. The molecule has 2 aliphatic carbocycles. The number of hydrogen-bond donors (Lipinski definition) is 1. The molecule has 1 saturated heterocycles. The van der Waals surface area contributed by atoms with Gasteiger partial charge in [0, 0.05) is 34.5 Å². The van der Waals surface area contributed by atoms with E-state index < -0.39 is 11.0 Å². The number of rotatable bonds is 1. The number of para-hydroxylation sites is 1. The number of benzene rings is 3. The van der Waals surface area contributed by atoms with Gasteiger partial charge < -0.3 is 4.98 Å². The zero-order chi connectivity index (χ0) is 23.9. The molecule has 0 amide bonds. The molecular weight excluding hydrogens is 436 g/mol. The van der Waals surface area contributed by atoms with E-state index in [1.165, 1.54) is 0 Å². The minimum Gasteiger partial charge on any atom is -0.352 e. The van der Waals surface area contributed by atoms with Gasteiger partial charge in [-0.2, -0.15) is 0 Å². The highest BCUT2D eigenvalue weighted by Crippen LogP contribution is 2.63. The number of Topliss-reactive ketones (excluding diaryl/α,β-unsaturated/α-hetero) is 3. The topological polar surface area (TPSA) is 70.2 Å². The summed E-state index contributed by atoms with van der Waals surface area (Å²) in [5.74, 6) is -0.899. The Hall–Kier alpha value is -3.83. The van der Waals surface area contributed by atoms with Gasteiger partial charge in [0.1, 0.15) is 0 Å². The lowest BCUT2D eigenvalue weighted by molar-refractivity contribution is 0.0278. The summed E-state index contributed by atoms with van der Waals surface area (Å²) < 4.78 is 0. The number of fused-ring (bicyclic) bond motifs is 5. The second kappa shape index (κ2) is 6.86. The van der Waals surface area contributed by atoms with E-state index in [0.29, 0.717) is 36.2 Å². The Morgan fingerprint density at radius 3 is 2.14 bits per heavy atom. The number of hydrogen-bond acceptors (Lipinski definition) is 4. The number of carbonyl (C=O) groups is 3. The molecule has 4 aromatic rings. The van der Waals surface area contributed by atoms with Crippen LogP contribution in [-0.4, -0.2) is 46.4 Å². The van der Waals surface area contributed by atoms with Gasteiger partial charge in [-0.15, -0.1) is 0 Å². The van der Waals surface area contributed by atoms with Crippen LogP contribution in [0.25, 0.3) is 10.9 Å². The Morgan fingerprint density at radius 1 is 0.800 bits per heavy atom. The number of H-pyrrole nitrogens is 1. The minimum atomic E-state index is -1.55. The zero-order valence-electron chi connectivity index (χ0n) is 19.4. The van der Waals surface area contributed by atoms with Crippen molar-refractivity contribution < 1.29 is 14.4 Å². The molecule has 1 fully saturated rings. The Labute approximate surface area is 202 Å². The second-order valence-corrected chi connectivity index (χ2v) is 10.1. The summed E-state index contributed by atoms with van der Waals surface area (Å²) >= 11 is 0. The fraction of sp³-hybridized carbons (Fsp3) is 0.233. The summed E-state index contributed by atoms with van der Waals surface area (Å²) in [4.78, 5) is 48.6. The number of nitrogens with zero attached hydrogens (tertiary/aromatic N) is 1. The van der Waals surface area contributed by atoms with E-state index in [0.717, 1.165) is 22.0 Å². The van der Waals surface area contributed by atoms with Crippen molar-refractivity contribution in [1.82, 2.24) is 9.88 Å². The van der Waals surface area contributed by atoms with Gasteiger partial charge in [-0.05, 0) is 37.1 Å². The number of ketones is 3. The van der Waals surface area contributed by atoms with Crippen LogP contribution in [-0.2, 0) is 6.42 Å². The van der Waals surface area contributed by atoms with Crippen LogP contribution in [0.1, 0.15) is 54.7 Å². The molecule has 0 bridgehead atoms. The average molecular weight is 461 g/mol. The molecule has 1 aromatic heterocycles. The zero-order valence-corrected chi connectivity index (χ0v) is 19.4. The molecule has 0 saturated carbocycles. The van der Waals surface area contributed by atoms with Crippen molar-refractivity contribution in [3.05, 3.63) is 107 Å². The van der Waals surface area contributed by atoms with Gasteiger partial charge >= 0.3 is 0 Å². The molecule has 35 heavy (non-hydrogen) atoms. The SMILES string of the molecule is CN1C[C@@H](c2ccccc2)[C@@]2(CCc3c([nH]c4ccccc34)C2=O)C12C(=O)c1ccccc1C2=O. The average Bonchev–Trinajstić information content (AvgIpc) is 3.48. The predicted octanol–water partition coefficient (Wildman–Crippen LogP) is 4.83. The van der Waals surface area contributed by atoms with E-state index >= 15 is 0 Å². The summed E-state index contributed by atoms with van der Waals surface area (Å²) in [6.45, 7) is 0.455. The summed E-state index contributed by atoms with van der Waals surface area (Å²) in [5, 5.41) is 1.04. The first kappa shape index (κ1) is 20.5. The highest BCUT2D eigenvalue weighted by atomic mass is 16.2. The Morgan fingerprint density at radius 2 is 1.43 bits per heavy atom. The highest BCUT2D eigenvalue weighted by molar-refractivity contribution is 6.36. The fourth-order valence-electron chi connectivity index (χ4n) is 7.35. The van der Waals surface area contributed by atoms with Crippen LogP contribution >= 0.6 is 0 Å². The maximum Gasteiger partial charge on any atom is 0.192 e. The monoisotopic (exact) mass is 460 g/mol. The van der Waals surface area contributed by atoms with Crippen molar-refractivity contribution in [3.8, 4) is 0 Å². The van der Waals surface area contributed by atoms with Crippen LogP contribution in [0.5, 0.6) is 0 Å². The van der Waals surface area contributed by atoms with Gasteiger partial charge in [0.05, 0.1) is 11.1 Å². The first-order valence-corrected chi connectivity index (χ1v) is 12.1. The van der Waals surface area contributed by atoms with Crippen LogP contribution in [0.3, 0.4) is 0 Å². The first-order valence-electron chi connectivity index (χ1n) is 12.1. The van der Waals surface area contributed by atoms with E-state index in [2.05, 4.69) is 4.98 Å². The van der Waals surface area contributed by atoms with Crippen LogP contribution in [0, 0.1) is 5.41 Å². The van der Waals surface area contributed by atoms with Crippen molar-refractivity contribution >= 4 is 28.3 Å². The van der Waals surface area contributed by atoms with E-state index in [4.69, 9.17) is 0 Å². The van der Waals surface area contributed by atoms with Crippen LogP contribution < -0.4 is 0 Å². The maximum atomic E-state index is 14.8. The molecule has 5 heteroatoms. The number of carbonyl (C=O) groups excluding carboxylic acids is 3. The van der Waals surface area contributed by atoms with Crippen molar-refractivity contribution in [2.45, 2.75) is 24.3 Å². The van der Waals surface area contributed by atoms with E-state index in [-0.39, 0.29) is 23.3 Å². The molecule has 3 aromatic carbocycles. The largest absolute Gasteiger partial charge is 0.352 e. The molecule has 1 aliphatic heterocycles. The molecule has 2 spiro atoms. The maximum absolute atomic E-state index is 14.8. The molecule has 5 nitrogen and oxygen atoms in total. The molecule has 7 rings (SSSR count). The van der Waals surface area contributed by atoms with Gasteiger partial charge in [0.25, 0.3) is 0 Å². The number of likely N-dealkylation sites (N-methyl/N-ethyl adjacent to an activating group) is 1. The summed E-state index contributed by atoms with van der Waals surface area (Å²) in [5.41, 5.74) is 1.52. The summed E-state index contributed by atoms with van der Waals surface area (Å²) in [6, 6.07) is 24.9. The Balaban J connectivity index is 1.53. The van der Waals surface area contributed by atoms with Crippen LogP contribution in [0.15, 0.2) is 78.9 Å². The predicted molar refractivity (Wildman–Crippen MR) is 133 cm³/mol. The molecule has 2 atom stereocenters. The van der Waals surface area contributed by atoms with Crippen molar-refractivity contribution in [2.24, 2.45) is 5.41 Å². The molecular formula is C30H24N2O3. The van der Waals surface area contributed by atoms with Crippen molar-refractivity contribution in [3.63, 3.8) is 0 Å². The lowest BCUT2D eigenvalue weighted by Crippen LogP contribution is -2.65. The number of aromatic nitrogens is 1. The highest BCUT2D eigenvalue weighted by Gasteiger charge is 2.76. The molecule has 0 unspecified atom stereocenters. The minimum absolute atomic E-state index is 0.123. The van der Waals surface area contributed by atoms with Gasteiger partial charge in [0.15, 0.2) is 22.9 Å². The number of likely N-dealkylation sites (tertiary alicyclic amines) is 1. The molecule has 0 radical (unpaired) electrons. The number of nitrogens with one attached hydrogen (secondary N) is 1. The summed E-state index contributed by atoms with van der Waals surface area (Å²) in [7, 11) is 1.83. The molecule has 3 aliphatic rings. The quantitative estimate of drug-likeness (QED) is 0.413. The van der Waals surface area contributed by atoms with E-state index in [9.17, 15) is 14.4 Å². The van der Waals surface area contributed by atoms with Gasteiger partial charge in [0.2, 0.25) is 0 Å². The van der Waals surface area contributed by atoms with Crippen molar-refractivity contribution in [2.75, 3.05) is 13.6 Å². The van der Waals surface area contributed by atoms with Gasteiger partial charge in [-0.25, -0.2) is 0 Å². The van der Waals surface area contributed by atoms with Crippen LogP contribution in [0.2, 0.25) is 0 Å². The third kappa shape index (κ3) is 2.25. The van der Waals surface area contributed by atoms with Gasteiger partial charge in [-0.3, -0.25) is 19.3 Å². The second-order valence-electron chi connectivity index (χ2n) is 10.1. The third-order valence-electron chi connectivity index (χ3n) is 8.76. The Kier molecular flexibility index (Phi) is 4.03. The lowest BCUT2D eigenvalue weighted by atomic mass is 9.54. The van der Waals surface area contributed by atoms with Crippen LogP contribution in [0.4, 0.5) is 0 Å². The van der Waals surface area contributed by atoms with E-state index in [1.807, 2.05) is 66.5 Å². The standard InChI is InChI=1S/C30H24N2O3/c1-32-17-23(18-9-3-2-4-10-18)29(30(32)26(33)21-12-5-6-13-22(21)27(30)34)16-15-20-19-11-7-8-14-24(19)31-25(20)28(29)35/h2-14,23,31H,15-17H2,1H3/t23-,29+/m0/s1. The van der Waals surface area contributed by atoms with Crippen molar-refractivity contribution in [1.29, 1.82) is 0 Å². The third-order valence-corrected chi connectivity index (χ3v) is 8.76. The number of aryl methyl sites for hydroxylation is 1.